The number of rotatable bonds is 8. The van der Waals surface area contributed by atoms with Gasteiger partial charge in [0.05, 0.1) is 26.3 Å². The quantitative estimate of drug-likeness (QED) is 0.322. The lowest BCUT2D eigenvalue weighted by Gasteiger charge is -2.29. The van der Waals surface area contributed by atoms with Crippen LogP contribution in [0.2, 0.25) is 0 Å². The first-order valence-corrected chi connectivity index (χ1v) is 10.1. The van der Waals surface area contributed by atoms with Crippen molar-refractivity contribution in [2.75, 3.05) is 64.4 Å². The van der Waals surface area contributed by atoms with Crippen molar-refractivity contribution in [3.05, 3.63) is 23.9 Å². The van der Waals surface area contributed by atoms with Crippen LogP contribution in [0.4, 0.5) is 5.82 Å². The topological polar surface area (TPSA) is 73.3 Å². The molecule has 1 saturated heterocycles. The first-order valence-electron chi connectivity index (χ1n) is 10.1. The summed E-state index contributed by atoms with van der Waals surface area (Å²) in [6, 6.07) is 4.00. The molecule has 0 saturated carbocycles. The number of hydrogen-bond acceptors (Lipinski definition) is 5. The van der Waals surface area contributed by atoms with E-state index in [0.717, 1.165) is 63.3 Å². The Kier molecular flexibility index (Phi) is 11.9. The van der Waals surface area contributed by atoms with E-state index in [9.17, 15) is 4.79 Å². The molecule has 8 nitrogen and oxygen atoms in total. The van der Waals surface area contributed by atoms with Gasteiger partial charge in [0.15, 0.2) is 5.96 Å². The van der Waals surface area contributed by atoms with Gasteiger partial charge in [0.25, 0.3) is 0 Å². The number of guanidine groups is 1. The molecule has 0 aliphatic carbocycles. The van der Waals surface area contributed by atoms with Gasteiger partial charge >= 0.3 is 0 Å². The Morgan fingerprint density at radius 3 is 2.59 bits per heavy atom. The number of morpholine rings is 1. The average molecular weight is 518 g/mol. The van der Waals surface area contributed by atoms with E-state index in [-0.39, 0.29) is 29.9 Å². The number of nitrogens with one attached hydrogen (secondary N) is 1. The fourth-order valence-corrected chi connectivity index (χ4v) is 3.20. The Bertz CT molecular complexity index is 648. The van der Waals surface area contributed by atoms with Crippen molar-refractivity contribution in [1.29, 1.82) is 0 Å². The second kappa shape index (κ2) is 13.6. The SMILES string of the molecule is CCNC(=NCc1cccnc1N1CCOCC1)N(C)CC(=O)N(CC)CC.I. The van der Waals surface area contributed by atoms with Gasteiger partial charge in [-0.25, -0.2) is 9.98 Å². The molecule has 1 aromatic heterocycles. The van der Waals surface area contributed by atoms with Gasteiger partial charge < -0.3 is 24.8 Å². The van der Waals surface area contributed by atoms with Crippen molar-refractivity contribution in [3.63, 3.8) is 0 Å². The van der Waals surface area contributed by atoms with Crippen molar-refractivity contribution in [2.24, 2.45) is 4.99 Å². The Hall–Kier alpha value is -1.62. The van der Waals surface area contributed by atoms with Gasteiger partial charge in [0.2, 0.25) is 5.91 Å². The predicted molar refractivity (Wildman–Crippen MR) is 128 cm³/mol. The number of amides is 1. The smallest absolute Gasteiger partial charge is 0.242 e. The number of aliphatic imine (C=N–C) groups is 1. The van der Waals surface area contributed by atoms with Crippen molar-refractivity contribution < 1.29 is 9.53 Å². The number of halogens is 1. The van der Waals surface area contributed by atoms with Gasteiger partial charge in [-0.2, -0.15) is 0 Å². The van der Waals surface area contributed by atoms with Crippen LogP contribution in [0.25, 0.3) is 0 Å². The first kappa shape index (κ1) is 25.4. The van der Waals surface area contributed by atoms with Crippen LogP contribution in [0.1, 0.15) is 26.3 Å². The van der Waals surface area contributed by atoms with E-state index < -0.39 is 0 Å². The monoisotopic (exact) mass is 518 g/mol. The van der Waals surface area contributed by atoms with Crippen molar-refractivity contribution in [2.45, 2.75) is 27.3 Å². The minimum absolute atomic E-state index is 0. The van der Waals surface area contributed by atoms with Gasteiger partial charge in [-0.3, -0.25) is 4.79 Å². The van der Waals surface area contributed by atoms with E-state index in [1.165, 1.54) is 0 Å². The van der Waals surface area contributed by atoms with Crippen LogP contribution < -0.4 is 10.2 Å². The molecule has 0 radical (unpaired) electrons. The molecule has 1 fully saturated rings. The van der Waals surface area contributed by atoms with Gasteiger partial charge in [-0.1, -0.05) is 6.07 Å². The van der Waals surface area contributed by atoms with Gasteiger partial charge in [-0.15, -0.1) is 24.0 Å². The third kappa shape index (κ3) is 7.61. The molecule has 2 rings (SSSR count). The lowest BCUT2D eigenvalue weighted by Crippen LogP contribution is -2.45. The summed E-state index contributed by atoms with van der Waals surface area (Å²) < 4.78 is 5.45. The average Bonchev–Trinajstić information content (AvgIpc) is 2.72. The van der Waals surface area contributed by atoms with Crippen molar-refractivity contribution in [3.8, 4) is 0 Å². The molecule has 0 spiro atoms. The number of anilines is 1. The lowest BCUT2D eigenvalue weighted by molar-refractivity contribution is -0.131. The summed E-state index contributed by atoms with van der Waals surface area (Å²) in [4.78, 5) is 27.7. The van der Waals surface area contributed by atoms with E-state index in [4.69, 9.17) is 9.73 Å². The molecule has 0 unspecified atom stereocenters. The molecule has 9 heteroatoms. The second-order valence-electron chi connectivity index (χ2n) is 6.68. The summed E-state index contributed by atoms with van der Waals surface area (Å²) in [5.74, 6) is 1.79. The molecule has 2 heterocycles. The van der Waals surface area contributed by atoms with Crippen LogP contribution in [0.15, 0.2) is 23.3 Å². The Labute approximate surface area is 191 Å². The van der Waals surface area contributed by atoms with Crippen molar-refractivity contribution in [1.82, 2.24) is 20.1 Å². The van der Waals surface area contributed by atoms with Crippen LogP contribution in [0, 0.1) is 0 Å². The van der Waals surface area contributed by atoms with Crippen LogP contribution in [0.5, 0.6) is 0 Å². The molecule has 1 aliphatic rings. The number of pyridine rings is 1. The maximum Gasteiger partial charge on any atom is 0.242 e. The fraction of sp³-hybridized carbons (Fsp3) is 0.650. The maximum absolute atomic E-state index is 12.4. The van der Waals surface area contributed by atoms with E-state index in [0.29, 0.717) is 13.1 Å². The summed E-state index contributed by atoms with van der Waals surface area (Å²) in [6.07, 6.45) is 1.82. The minimum atomic E-state index is 0. The highest BCUT2D eigenvalue weighted by molar-refractivity contribution is 14.0. The number of aromatic nitrogens is 1. The van der Waals surface area contributed by atoms with Crippen LogP contribution >= 0.6 is 24.0 Å². The standard InChI is InChI=1S/C20H34N6O2.HI/c1-5-21-20(24(4)16-18(27)25(6-2)7-3)23-15-17-9-8-10-22-19(17)26-11-13-28-14-12-26;/h8-10H,5-7,11-16H2,1-4H3,(H,21,23);1H. The first-order chi connectivity index (χ1) is 13.6. The lowest BCUT2D eigenvalue weighted by atomic mass is 10.2. The normalized spacial score (nSPS) is 14.2. The van der Waals surface area contributed by atoms with Crippen LogP contribution in [0.3, 0.4) is 0 Å². The molecular formula is C20H35IN6O2. The zero-order chi connectivity index (χ0) is 20.4. The summed E-state index contributed by atoms with van der Waals surface area (Å²) in [6.45, 7) is 12.1. The minimum Gasteiger partial charge on any atom is -0.378 e. The Morgan fingerprint density at radius 1 is 1.28 bits per heavy atom. The fourth-order valence-electron chi connectivity index (χ4n) is 3.20. The van der Waals surface area contributed by atoms with Crippen LogP contribution in [-0.2, 0) is 16.1 Å². The summed E-state index contributed by atoms with van der Waals surface area (Å²) in [7, 11) is 1.90. The summed E-state index contributed by atoms with van der Waals surface area (Å²) in [5.41, 5.74) is 1.07. The Morgan fingerprint density at radius 2 is 1.97 bits per heavy atom. The number of nitrogens with zero attached hydrogens (tertiary/aromatic N) is 5. The number of ether oxygens (including phenoxy) is 1. The zero-order valence-corrected chi connectivity index (χ0v) is 20.4. The van der Waals surface area contributed by atoms with Crippen molar-refractivity contribution >= 4 is 41.7 Å². The van der Waals surface area contributed by atoms with Gasteiger partial charge in [0.1, 0.15) is 5.82 Å². The molecule has 1 N–H and O–H groups in total. The number of carbonyl (C=O) groups excluding carboxylic acids is 1. The third-order valence-corrected chi connectivity index (χ3v) is 4.76. The van der Waals surface area contributed by atoms with E-state index >= 15 is 0 Å². The number of likely N-dealkylation sites (N-methyl/N-ethyl adjacent to an activating group) is 2. The van der Waals surface area contributed by atoms with E-state index in [2.05, 4.69) is 21.3 Å². The molecule has 1 aromatic rings. The molecule has 0 atom stereocenters. The number of hydrogen-bond donors (Lipinski definition) is 1. The molecule has 0 bridgehead atoms. The Balaban J connectivity index is 0.00000420. The van der Waals surface area contributed by atoms with Gasteiger partial charge in [-0.05, 0) is 26.8 Å². The third-order valence-electron chi connectivity index (χ3n) is 4.76. The highest BCUT2D eigenvalue weighted by Crippen LogP contribution is 2.19. The highest BCUT2D eigenvalue weighted by Gasteiger charge is 2.17. The molecule has 164 valence electrons. The molecule has 0 aromatic carbocycles. The molecular weight excluding hydrogens is 483 g/mol. The van der Waals surface area contributed by atoms with E-state index in [1.807, 2.05) is 49.9 Å². The predicted octanol–water partition coefficient (Wildman–Crippen LogP) is 1.80. The largest absolute Gasteiger partial charge is 0.378 e. The summed E-state index contributed by atoms with van der Waals surface area (Å²) in [5, 5.41) is 3.28. The zero-order valence-electron chi connectivity index (χ0n) is 18.1. The van der Waals surface area contributed by atoms with E-state index in [1.54, 1.807) is 0 Å². The molecule has 29 heavy (non-hydrogen) atoms. The van der Waals surface area contributed by atoms with Crippen LogP contribution in [-0.4, -0.2) is 86.2 Å². The maximum atomic E-state index is 12.4. The molecule has 1 aliphatic heterocycles. The highest BCUT2D eigenvalue weighted by atomic mass is 127. The number of carbonyl (C=O) groups is 1. The van der Waals surface area contributed by atoms with Gasteiger partial charge in [0, 0.05) is 51.5 Å². The molecule has 1 amide bonds. The second-order valence-corrected chi connectivity index (χ2v) is 6.68. The summed E-state index contributed by atoms with van der Waals surface area (Å²) >= 11 is 0.